The Hall–Kier alpha value is -1.55. The molecule has 4 nitrogen and oxygen atoms in total. The smallest absolute Gasteiger partial charge is 0.227 e. The zero-order chi connectivity index (χ0) is 14.9. The Bertz CT molecular complexity index is 565. The van der Waals surface area contributed by atoms with Gasteiger partial charge < -0.3 is 10.2 Å². The molecule has 5 heteroatoms. The Labute approximate surface area is 129 Å². The van der Waals surface area contributed by atoms with Gasteiger partial charge >= 0.3 is 0 Å². The second-order valence-corrected chi connectivity index (χ2v) is 6.51. The summed E-state index contributed by atoms with van der Waals surface area (Å²) in [6.07, 6.45) is 2.77. The maximum Gasteiger partial charge on any atom is 0.227 e. The fourth-order valence-electron chi connectivity index (χ4n) is 3.25. The zero-order valence-corrected chi connectivity index (χ0v) is 12.7. The lowest BCUT2D eigenvalue weighted by Gasteiger charge is -2.38. The quantitative estimate of drug-likeness (QED) is 0.908. The Kier molecular flexibility index (Phi) is 3.89. The van der Waals surface area contributed by atoms with E-state index in [9.17, 15) is 9.59 Å². The highest BCUT2D eigenvalue weighted by molar-refractivity contribution is 6.31. The number of likely N-dealkylation sites (tertiary alicyclic amines) is 1. The van der Waals surface area contributed by atoms with E-state index < -0.39 is 0 Å². The summed E-state index contributed by atoms with van der Waals surface area (Å²) in [5.41, 5.74) is 0.959. The summed E-state index contributed by atoms with van der Waals surface area (Å²) in [5.74, 6) is 0.265. The number of nitrogens with zero attached hydrogens (tertiary/aromatic N) is 1. The van der Waals surface area contributed by atoms with Crippen molar-refractivity contribution in [3.63, 3.8) is 0 Å². The van der Waals surface area contributed by atoms with Gasteiger partial charge in [0, 0.05) is 31.1 Å². The maximum atomic E-state index is 12.4. The summed E-state index contributed by atoms with van der Waals surface area (Å²) in [6, 6.07) is 7.47. The first-order valence-electron chi connectivity index (χ1n) is 7.36. The maximum absolute atomic E-state index is 12.4. The predicted octanol–water partition coefficient (Wildman–Crippen LogP) is 2.01. The van der Waals surface area contributed by atoms with E-state index in [1.807, 2.05) is 29.2 Å². The SMILES string of the molecule is O=C1CC2(CCN(C(=O)Cc3ccccc3Cl)CC2)CN1. The molecule has 1 aromatic carbocycles. The summed E-state index contributed by atoms with van der Waals surface area (Å²) in [5, 5.41) is 3.56. The highest BCUT2D eigenvalue weighted by Crippen LogP contribution is 2.37. The predicted molar refractivity (Wildman–Crippen MR) is 81.0 cm³/mol. The number of rotatable bonds is 2. The Balaban J connectivity index is 1.58. The molecule has 0 aliphatic carbocycles. The van der Waals surface area contributed by atoms with Crippen molar-refractivity contribution in [3.8, 4) is 0 Å². The highest BCUT2D eigenvalue weighted by Gasteiger charge is 2.41. The standard InChI is InChI=1S/C16H19ClN2O2/c17-13-4-2-1-3-12(13)9-15(21)19-7-5-16(6-8-19)10-14(20)18-11-16/h1-4H,5-11H2,(H,18,20). The Morgan fingerprint density at radius 1 is 1.29 bits per heavy atom. The summed E-state index contributed by atoms with van der Waals surface area (Å²) < 4.78 is 0. The first-order valence-corrected chi connectivity index (χ1v) is 7.74. The van der Waals surface area contributed by atoms with Crippen LogP contribution in [0.2, 0.25) is 5.02 Å². The van der Waals surface area contributed by atoms with Crippen molar-refractivity contribution in [1.82, 2.24) is 10.2 Å². The monoisotopic (exact) mass is 306 g/mol. The van der Waals surface area contributed by atoms with Crippen LogP contribution < -0.4 is 5.32 Å². The van der Waals surface area contributed by atoms with Gasteiger partial charge in [-0.3, -0.25) is 9.59 Å². The zero-order valence-electron chi connectivity index (χ0n) is 11.9. The molecule has 2 aliphatic rings. The molecule has 0 bridgehead atoms. The molecule has 2 saturated heterocycles. The van der Waals surface area contributed by atoms with Crippen LogP contribution in [-0.4, -0.2) is 36.3 Å². The first kappa shape index (κ1) is 14.4. The van der Waals surface area contributed by atoms with Gasteiger partial charge in [-0.2, -0.15) is 0 Å². The molecule has 0 atom stereocenters. The van der Waals surface area contributed by atoms with Crippen LogP contribution in [-0.2, 0) is 16.0 Å². The van der Waals surface area contributed by atoms with Gasteiger partial charge in [0.25, 0.3) is 0 Å². The van der Waals surface area contributed by atoms with Gasteiger partial charge in [-0.05, 0) is 29.9 Å². The number of hydrogen-bond acceptors (Lipinski definition) is 2. The van der Waals surface area contributed by atoms with Crippen molar-refractivity contribution in [2.45, 2.75) is 25.7 Å². The minimum atomic E-state index is 0.0816. The van der Waals surface area contributed by atoms with E-state index in [4.69, 9.17) is 11.6 Å². The van der Waals surface area contributed by atoms with Crippen molar-refractivity contribution < 1.29 is 9.59 Å². The number of nitrogens with one attached hydrogen (secondary N) is 1. The minimum Gasteiger partial charge on any atom is -0.356 e. The van der Waals surface area contributed by atoms with Crippen molar-refractivity contribution >= 4 is 23.4 Å². The third-order valence-corrected chi connectivity index (χ3v) is 5.04. The van der Waals surface area contributed by atoms with Gasteiger partial charge in [0.05, 0.1) is 6.42 Å². The number of carbonyl (C=O) groups excluding carboxylic acids is 2. The largest absolute Gasteiger partial charge is 0.356 e. The van der Waals surface area contributed by atoms with Gasteiger partial charge in [-0.25, -0.2) is 0 Å². The number of hydrogen-bond donors (Lipinski definition) is 1. The molecule has 1 N–H and O–H groups in total. The van der Waals surface area contributed by atoms with Crippen LogP contribution >= 0.6 is 11.6 Å². The molecular weight excluding hydrogens is 288 g/mol. The van der Waals surface area contributed by atoms with Gasteiger partial charge in [-0.1, -0.05) is 29.8 Å². The second-order valence-electron chi connectivity index (χ2n) is 6.10. The molecular formula is C16H19ClN2O2. The van der Waals surface area contributed by atoms with E-state index in [2.05, 4.69) is 5.32 Å². The summed E-state index contributed by atoms with van der Waals surface area (Å²) in [4.78, 5) is 25.7. The van der Waals surface area contributed by atoms with E-state index in [1.54, 1.807) is 0 Å². The van der Waals surface area contributed by atoms with Crippen LogP contribution in [0.4, 0.5) is 0 Å². The van der Waals surface area contributed by atoms with Gasteiger partial charge in [-0.15, -0.1) is 0 Å². The summed E-state index contributed by atoms with van der Waals surface area (Å²) >= 11 is 6.11. The molecule has 0 aromatic heterocycles. The van der Waals surface area contributed by atoms with Crippen LogP contribution in [0.5, 0.6) is 0 Å². The topological polar surface area (TPSA) is 49.4 Å². The lowest BCUT2D eigenvalue weighted by Crippen LogP contribution is -2.44. The number of benzene rings is 1. The normalized spacial score (nSPS) is 20.6. The van der Waals surface area contributed by atoms with Gasteiger partial charge in [0.1, 0.15) is 0 Å². The molecule has 2 amide bonds. The molecule has 1 aromatic rings. The van der Waals surface area contributed by atoms with E-state index in [1.165, 1.54) is 0 Å². The fourth-order valence-corrected chi connectivity index (χ4v) is 3.45. The van der Waals surface area contributed by atoms with E-state index in [0.717, 1.165) is 38.0 Å². The summed E-state index contributed by atoms with van der Waals surface area (Å²) in [6.45, 7) is 2.23. The average molecular weight is 307 g/mol. The van der Waals surface area contributed by atoms with Gasteiger partial charge in [0.15, 0.2) is 0 Å². The van der Waals surface area contributed by atoms with Crippen LogP contribution in [0, 0.1) is 5.41 Å². The van der Waals surface area contributed by atoms with Crippen molar-refractivity contribution in [2.75, 3.05) is 19.6 Å². The van der Waals surface area contributed by atoms with Crippen LogP contribution in [0.25, 0.3) is 0 Å². The Morgan fingerprint density at radius 3 is 2.62 bits per heavy atom. The lowest BCUT2D eigenvalue weighted by molar-refractivity contribution is -0.132. The van der Waals surface area contributed by atoms with E-state index in [-0.39, 0.29) is 17.2 Å². The molecule has 0 radical (unpaired) electrons. The molecule has 1 spiro atoms. The van der Waals surface area contributed by atoms with Crippen molar-refractivity contribution in [3.05, 3.63) is 34.9 Å². The minimum absolute atomic E-state index is 0.0816. The van der Waals surface area contributed by atoms with Gasteiger partial charge in [0.2, 0.25) is 11.8 Å². The molecule has 112 valence electrons. The number of halogens is 1. The molecule has 21 heavy (non-hydrogen) atoms. The van der Waals surface area contributed by atoms with Crippen molar-refractivity contribution in [2.24, 2.45) is 5.41 Å². The summed E-state index contributed by atoms with van der Waals surface area (Å²) in [7, 11) is 0. The molecule has 2 fully saturated rings. The second kappa shape index (κ2) is 5.68. The third-order valence-electron chi connectivity index (χ3n) is 4.67. The molecule has 2 aliphatic heterocycles. The van der Waals surface area contributed by atoms with E-state index >= 15 is 0 Å². The highest BCUT2D eigenvalue weighted by atomic mass is 35.5. The number of carbonyl (C=O) groups is 2. The lowest BCUT2D eigenvalue weighted by atomic mass is 9.77. The van der Waals surface area contributed by atoms with Crippen LogP contribution in [0.3, 0.4) is 0 Å². The number of piperidine rings is 1. The molecule has 2 heterocycles. The third kappa shape index (κ3) is 3.05. The molecule has 3 rings (SSSR count). The fraction of sp³-hybridized carbons (Fsp3) is 0.500. The van der Waals surface area contributed by atoms with Crippen LogP contribution in [0.1, 0.15) is 24.8 Å². The van der Waals surface area contributed by atoms with Crippen LogP contribution in [0.15, 0.2) is 24.3 Å². The number of amides is 2. The van der Waals surface area contributed by atoms with E-state index in [0.29, 0.717) is 17.9 Å². The first-order chi connectivity index (χ1) is 10.1. The molecule has 0 saturated carbocycles. The average Bonchev–Trinajstić information content (AvgIpc) is 2.83. The van der Waals surface area contributed by atoms with Crippen molar-refractivity contribution in [1.29, 1.82) is 0 Å². The Morgan fingerprint density at radius 2 is 2.00 bits per heavy atom. The molecule has 0 unspecified atom stereocenters.